The number of nitrogens with zero attached hydrogens (tertiary/aromatic N) is 1. The summed E-state index contributed by atoms with van der Waals surface area (Å²) in [6, 6.07) is 0. The predicted molar refractivity (Wildman–Crippen MR) is 74.5 cm³/mol. The summed E-state index contributed by atoms with van der Waals surface area (Å²) in [6.45, 7) is 7.54. The molecule has 5 nitrogen and oxygen atoms in total. The Morgan fingerprint density at radius 3 is 1.74 bits per heavy atom. The van der Waals surface area contributed by atoms with Gasteiger partial charge in [0.25, 0.3) is 0 Å². The fourth-order valence-corrected chi connectivity index (χ4v) is 1.75. The maximum absolute atomic E-state index is 9.36. The molecule has 0 aromatic heterocycles. The molecule has 0 aliphatic rings. The minimum Gasteiger partial charge on any atom is -0.548 e. The van der Waals surface area contributed by atoms with E-state index in [1.807, 2.05) is 0 Å². The molecule has 0 saturated heterocycles. The van der Waals surface area contributed by atoms with Crippen LogP contribution in [0.25, 0.3) is 0 Å². The number of carbonyl (C=O) groups excluding carboxylic acids is 1. The van der Waals surface area contributed by atoms with Gasteiger partial charge in [0.05, 0.1) is 32.7 Å². The molecule has 0 unspecified atom stereocenters. The Morgan fingerprint density at radius 1 is 1.05 bits per heavy atom. The largest absolute Gasteiger partial charge is 0.548 e. The standard InChI is InChI=1S/C11H26NO.C3H6O3/c1-5-7-9-12(3,11-13-4)10-8-6-2;1-6-2-3(4)5/h5-11H2,1-4H3;2H2,1H3,(H,4,5)/q+1;/p-1. The van der Waals surface area contributed by atoms with Crippen LogP contribution in [0.3, 0.4) is 0 Å². The molecular weight excluding hydrogens is 246 g/mol. The lowest BCUT2D eigenvalue weighted by Crippen LogP contribution is -2.46. The van der Waals surface area contributed by atoms with E-state index in [-0.39, 0.29) is 6.61 Å². The molecule has 0 heterocycles. The van der Waals surface area contributed by atoms with Crippen LogP contribution >= 0.6 is 0 Å². The lowest BCUT2D eigenvalue weighted by Gasteiger charge is -2.33. The van der Waals surface area contributed by atoms with E-state index in [4.69, 9.17) is 4.74 Å². The van der Waals surface area contributed by atoms with Crippen LogP contribution in [0.15, 0.2) is 0 Å². The predicted octanol–water partition coefficient (Wildman–Crippen LogP) is 1.02. The topological polar surface area (TPSA) is 58.6 Å². The second-order valence-electron chi connectivity index (χ2n) is 5.00. The Morgan fingerprint density at radius 2 is 1.53 bits per heavy atom. The third-order valence-electron chi connectivity index (χ3n) is 2.81. The Kier molecular flexibility index (Phi) is 15.0. The van der Waals surface area contributed by atoms with Crippen molar-refractivity contribution in [3.63, 3.8) is 0 Å². The van der Waals surface area contributed by atoms with Crippen molar-refractivity contribution in [2.24, 2.45) is 0 Å². The number of carbonyl (C=O) groups is 1. The fraction of sp³-hybridized carbons (Fsp3) is 0.929. The first-order valence-electron chi connectivity index (χ1n) is 6.97. The zero-order valence-electron chi connectivity index (χ0n) is 13.2. The number of hydrogen-bond donors (Lipinski definition) is 0. The molecule has 0 radical (unpaired) electrons. The molecule has 0 aliphatic heterocycles. The van der Waals surface area contributed by atoms with Crippen LogP contribution in [-0.2, 0) is 14.3 Å². The van der Waals surface area contributed by atoms with Gasteiger partial charge in [-0.3, -0.25) is 0 Å². The monoisotopic (exact) mass is 277 g/mol. The van der Waals surface area contributed by atoms with E-state index in [1.165, 1.54) is 45.9 Å². The van der Waals surface area contributed by atoms with E-state index < -0.39 is 5.97 Å². The number of hydrogen-bond acceptors (Lipinski definition) is 4. The molecule has 0 spiro atoms. The molecule has 0 aliphatic carbocycles. The Balaban J connectivity index is 0. The quantitative estimate of drug-likeness (QED) is 0.442. The summed E-state index contributed by atoms with van der Waals surface area (Å²) in [5.41, 5.74) is 0. The zero-order valence-corrected chi connectivity index (χ0v) is 13.2. The SMILES string of the molecule is CCCC[N+](C)(CCCC)COC.COCC(=O)[O-]. The summed E-state index contributed by atoms with van der Waals surface area (Å²) in [7, 11) is 5.40. The molecule has 0 aromatic carbocycles. The molecule has 116 valence electrons. The zero-order chi connectivity index (χ0) is 15.1. The number of unbranched alkanes of at least 4 members (excludes halogenated alkanes) is 2. The molecular formula is C14H31NO4. The van der Waals surface area contributed by atoms with Gasteiger partial charge in [0.2, 0.25) is 0 Å². The van der Waals surface area contributed by atoms with Crippen molar-refractivity contribution in [1.29, 1.82) is 0 Å². The number of rotatable bonds is 10. The third kappa shape index (κ3) is 15.3. The number of carboxylic acid groups (broad SMARTS) is 1. The van der Waals surface area contributed by atoms with Crippen molar-refractivity contribution in [2.75, 3.05) is 47.7 Å². The molecule has 0 atom stereocenters. The van der Waals surface area contributed by atoms with Crippen LogP contribution in [0.5, 0.6) is 0 Å². The molecule has 0 N–H and O–H groups in total. The van der Waals surface area contributed by atoms with E-state index in [1.54, 1.807) is 7.11 Å². The average molecular weight is 277 g/mol. The van der Waals surface area contributed by atoms with Crippen molar-refractivity contribution >= 4 is 5.97 Å². The highest BCUT2D eigenvalue weighted by Gasteiger charge is 2.19. The third-order valence-corrected chi connectivity index (χ3v) is 2.81. The summed E-state index contributed by atoms with van der Waals surface area (Å²) in [4.78, 5) is 9.36. The molecule has 0 amide bonds. The minimum atomic E-state index is -1.18. The summed E-state index contributed by atoms with van der Waals surface area (Å²) < 4.78 is 10.5. The van der Waals surface area contributed by atoms with Gasteiger partial charge in [-0.1, -0.05) is 26.7 Å². The number of ether oxygens (including phenoxy) is 2. The molecule has 0 rings (SSSR count). The van der Waals surface area contributed by atoms with Gasteiger partial charge in [0.15, 0.2) is 6.73 Å². The lowest BCUT2D eigenvalue weighted by molar-refractivity contribution is -0.927. The number of aliphatic carboxylic acids is 1. The summed E-state index contributed by atoms with van der Waals surface area (Å²) in [5, 5.41) is 9.36. The highest BCUT2D eigenvalue weighted by Crippen LogP contribution is 2.08. The maximum atomic E-state index is 9.36. The molecule has 0 fully saturated rings. The fourth-order valence-electron chi connectivity index (χ4n) is 1.75. The Labute approximate surface area is 118 Å². The van der Waals surface area contributed by atoms with Crippen LogP contribution in [0.2, 0.25) is 0 Å². The van der Waals surface area contributed by atoms with Crippen LogP contribution in [0.1, 0.15) is 39.5 Å². The van der Waals surface area contributed by atoms with Crippen molar-refractivity contribution in [2.45, 2.75) is 39.5 Å². The van der Waals surface area contributed by atoms with Gasteiger partial charge >= 0.3 is 0 Å². The second-order valence-corrected chi connectivity index (χ2v) is 5.00. The summed E-state index contributed by atoms with van der Waals surface area (Å²) >= 11 is 0. The van der Waals surface area contributed by atoms with E-state index in [2.05, 4.69) is 25.6 Å². The number of quaternary nitrogens is 1. The molecule has 0 bridgehead atoms. The van der Waals surface area contributed by atoms with E-state index in [0.717, 1.165) is 11.2 Å². The van der Waals surface area contributed by atoms with Gasteiger partial charge in [-0.15, -0.1) is 0 Å². The van der Waals surface area contributed by atoms with Gasteiger partial charge in [-0.05, 0) is 12.8 Å². The van der Waals surface area contributed by atoms with Crippen LogP contribution in [0.4, 0.5) is 0 Å². The van der Waals surface area contributed by atoms with E-state index in [0.29, 0.717) is 0 Å². The van der Waals surface area contributed by atoms with Crippen LogP contribution in [0, 0.1) is 0 Å². The Hall–Kier alpha value is -0.650. The second kappa shape index (κ2) is 13.8. The Bertz CT molecular complexity index is 202. The van der Waals surface area contributed by atoms with Crippen molar-refractivity contribution in [3.05, 3.63) is 0 Å². The molecule has 0 saturated carbocycles. The summed E-state index contributed by atoms with van der Waals surface area (Å²) in [6.07, 6.45) is 5.18. The normalized spacial score (nSPS) is 10.8. The first-order valence-corrected chi connectivity index (χ1v) is 6.97. The maximum Gasteiger partial charge on any atom is 0.182 e. The smallest absolute Gasteiger partial charge is 0.182 e. The van der Waals surface area contributed by atoms with E-state index in [9.17, 15) is 9.90 Å². The minimum absolute atomic E-state index is 0.319. The van der Waals surface area contributed by atoms with Crippen molar-refractivity contribution in [3.8, 4) is 0 Å². The van der Waals surface area contributed by atoms with Crippen molar-refractivity contribution < 1.29 is 23.9 Å². The number of carboxylic acids is 1. The van der Waals surface area contributed by atoms with Gasteiger partial charge < -0.3 is 23.9 Å². The average Bonchev–Trinajstić information content (AvgIpc) is 2.35. The van der Waals surface area contributed by atoms with Crippen LogP contribution < -0.4 is 5.11 Å². The molecule has 0 aromatic rings. The van der Waals surface area contributed by atoms with Crippen LogP contribution in [-0.4, -0.2) is 58.1 Å². The van der Waals surface area contributed by atoms with Crippen molar-refractivity contribution in [1.82, 2.24) is 0 Å². The number of methoxy groups -OCH3 is 2. The van der Waals surface area contributed by atoms with E-state index >= 15 is 0 Å². The molecule has 5 heteroatoms. The first-order chi connectivity index (χ1) is 8.95. The summed E-state index contributed by atoms with van der Waals surface area (Å²) in [5.74, 6) is -1.18. The van der Waals surface area contributed by atoms with Gasteiger partial charge in [-0.25, -0.2) is 0 Å². The van der Waals surface area contributed by atoms with Gasteiger partial charge in [0.1, 0.15) is 0 Å². The highest BCUT2D eigenvalue weighted by atomic mass is 16.5. The first kappa shape index (κ1) is 20.7. The molecule has 19 heavy (non-hydrogen) atoms. The van der Waals surface area contributed by atoms with Gasteiger partial charge in [-0.2, -0.15) is 0 Å². The lowest BCUT2D eigenvalue weighted by atomic mass is 10.2. The highest BCUT2D eigenvalue weighted by molar-refractivity contribution is 5.65. The van der Waals surface area contributed by atoms with Gasteiger partial charge in [0, 0.05) is 14.2 Å².